The minimum Gasteiger partial charge on any atom is -0.320 e. The van der Waals surface area contributed by atoms with E-state index in [4.69, 9.17) is 0 Å². The fourth-order valence-electron chi connectivity index (χ4n) is 1.18. The molecule has 0 unspecified atom stereocenters. The van der Waals surface area contributed by atoms with Gasteiger partial charge >= 0.3 is 0 Å². The molecular weight excluding hydrogens is 220 g/mol. The number of hydrazine groups is 1. The van der Waals surface area contributed by atoms with E-state index in [-0.39, 0.29) is 5.78 Å². The second kappa shape index (κ2) is 2.88. The third kappa shape index (κ3) is 1.23. The van der Waals surface area contributed by atoms with Crippen LogP contribution in [0.15, 0.2) is 22.7 Å². The van der Waals surface area contributed by atoms with Crippen molar-refractivity contribution in [2.75, 3.05) is 12.0 Å². The Labute approximate surface area is 78.3 Å². The first kappa shape index (κ1) is 7.76. The van der Waals surface area contributed by atoms with Crippen molar-refractivity contribution >= 4 is 27.4 Å². The summed E-state index contributed by atoms with van der Waals surface area (Å²) in [5.74, 6) is 0.122. The Morgan fingerprint density at radius 3 is 3.08 bits per heavy atom. The molecule has 1 aliphatic rings. The van der Waals surface area contributed by atoms with E-state index in [0.29, 0.717) is 6.54 Å². The molecule has 62 valence electrons. The van der Waals surface area contributed by atoms with Crippen LogP contribution in [0.4, 0.5) is 5.69 Å². The molecule has 1 aromatic carbocycles. The average Bonchev–Trinajstić information content (AvgIpc) is 2.04. The number of halogens is 1. The van der Waals surface area contributed by atoms with Gasteiger partial charge in [-0.3, -0.25) is 4.79 Å². The van der Waals surface area contributed by atoms with Gasteiger partial charge in [0.25, 0.3) is 0 Å². The summed E-state index contributed by atoms with van der Waals surface area (Å²) in [4.78, 5) is 11.3. The van der Waals surface area contributed by atoms with E-state index in [1.54, 1.807) is 0 Å². The van der Waals surface area contributed by atoms with Crippen LogP contribution in [0.1, 0.15) is 10.4 Å². The van der Waals surface area contributed by atoms with Gasteiger partial charge in [0.1, 0.15) is 0 Å². The second-order valence-electron chi connectivity index (χ2n) is 2.59. The van der Waals surface area contributed by atoms with Gasteiger partial charge in [0.15, 0.2) is 5.78 Å². The molecule has 4 heteroatoms. The lowest BCUT2D eigenvalue weighted by molar-refractivity contribution is 0.0989. The van der Waals surface area contributed by atoms with Crippen LogP contribution in [0.25, 0.3) is 0 Å². The third-order valence-corrected chi connectivity index (χ3v) is 2.25. The van der Waals surface area contributed by atoms with Gasteiger partial charge in [0.2, 0.25) is 0 Å². The summed E-state index contributed by atoms with van der Waals surface area (Å²) in [6.07, 6.45) is 0. The molecule has 0 saturated heterocycles. The molecule has 1 heterocycles. The van der Waals surface area contributed by atoms with Crippen molar-refractivity contribution in [3.63, 3.8) is 0 Å². The number of carbonyl (C=O) groups excluding carboxylic acids is 1. The van der Waals surface area contributed by atoms with Crippen molar-refractivity contribution in [2.24, 2.45) is 0 Å². The molecule has 1 aliphatic heterocycles. The highest BCUT2D eigenvalue weighted by Crippen LogP contribution is 2.22. The van der Waals surface area contributed by atoms with Crippen LogP contribution in [-0.2, 0) is 0 Å². The van der Waals surface area contributed by atoms with Crippen molar-refractivity contribution in [1.29, 1.82) is 0 Å². The zero-order valence-electron chi connectivity index (χ0n) is 6.23. The highest BCUT2D eigenvalue weighted by Gasteiger charge is 2.15. The maximum atomic E-state index is 11.3. The lowest BCUT2D eigenvalue weighted by atomic mass is 10.1. The molecule has 0 saturated carbocycles. The number of hydrogen-bond donors (Lipinski definition) is 2. The fourth-order valence-corrected chi connectivity index (χ4v) is 1.54. The summed E-state index contributed by atoms with van der Waals surface area (Å²) < 4.78 is 0.963. The molecule has 1 aromatic rings. The van der Waals surface area contributed by atoms with E-state index >= 15 is 0 Å². The van der Waals surface area contributed by atoms with Gasteiger partial charge in [-0.15, -0.1) is 0 Å². The summed E-state index contributed by atoms with van der Waals surface area (Å²) in [7, 11) is 0. The average molecular weight is 227 g/mol. The Kier molecular flexibility index (Phi) is 1.86. The number of hydrogen-bond acceptors (Lipinski definition) is 3. The predicted octanol–water partition coefficient (Wildman–Crippen LogP) is 1.56. The van der Waals surface area contributed by atoms with Crippen LogP contribution in [0.2, 0.25) is 0 Å². The summed E-state index contributed by atoms with van der Waals surface area (Å²) >= 11 is 3.33. The summed E-state index contributed by atoms with van der Waals surface area (Å²) in [6.45, 7) is 0.356. The summed E-state index contributed by atoms with van der Waals surface area (Å²) in [5, 5.41) is 0. The van der Waals surface area contributed by atoms with Gasteiger partial charge in [0.05, 0.1) is 12.2 Å². The number of anilines is 1. The molecule has 0 aliphatic carbocycles. The monoisotopic (exact) mass is 226 g/mol. The van der Waals surface area contributed by atoms with Gasteiger partial charge in [-0.05, 0) is 18.2 Å². The van der Waals surface area contributed by atoms with Crippen LogP contribution >= 0.6 is 15.9 Å². The molecule has 0 spiro atoms. The van der Waals surface area contributed by atoms with Gasteiger partial charge in [-0.2, -0.15) is 0 Å². The molecule has 0 radical (unpaired) electrons. The van der Waals surface area contributed by atoms with Crippen molar-refractivity contribution in [1.82, 2.24) is 5.43 Å². The van der Waals surface area contributed by atoms with E-state index in [1.165, 1.54) is 0 Å². The highest BCUT2D eigenvalue weighted by atomic mass is 79.9. The molecule has 0 bridgehead atoms. The zero-order valence-corrected chi connectivity index (χ0v) is 7.81. The van der Waals surface area contributed by atoms with E-state index in [2.05, 4.69) is 26.8 Å². The normalized spacial score (nSPS) is 15.2. The van der Waals surface area contributed by atoms with E-state index in [9.17, 15) is 4.79 Å². The van der Waals surface area contributed by atoms with Crippen LogP contribution < -0.4 is 10.9 Å². The molecule has 0 fully saturated rings. The molecule has 2 N–H and O–H groups in total. The van der Waals surface area contributed by atoms with E-state index < -0.39 is 0 Å². The highest BCUT2D eigenvalue weighted by molar-refractivity contribution is 9.10. The van der Waals surface area contributed by atoms with Crippen molar-refractivity contribution in [3.05, 3.63) is 28.2 Å². The summed E-state index contributed by atoms with van der Waals surface area (Å²) in [5.41, 5.74) is 7.31. The largest absolute Gasteiger partial charge is 0.320 e. The van der Waals surface area contributed by atoms with Gasteiger partial charge < -0.3 is 5.43 Å². The number of Topliss-reactive ketones (excluding diaryl/α,β-unsaturated/α-hetero) is 1. The smallest absolute Gasteiger partial charge is 0.180 e. The van der Waals surface area contributed by atoms with E-state index in [1.807, 2.05) is 18.2 Å². The minimum atomic E-state index is 0.122. The van der Waals surface area contributed by atoms with Gasteiger partial charge in [-0.25, -0.2) is 5.43 Å². The van der Waals surface area contributed by atoms with Crippen LogP contribution in [0, 0.1) is 0 Å². The Bertz CT molecular complexity index is 338. The van der Waals surface area contributed by atoms with Gasteiger partial charge in [0, 0.05) is 10.0 Å². The molecule has 2 rings (SSSR count). The number of rotatable bonds is 0. The Hall–Kier alpha value is -0.870. The SMILES string of the molecule is O=C1CNNc2cc(Br)ccc21. The first-order chi connectivity index (χ1) is 5.77. The summed E-state index contributed by atoms with van der Waals surface area (Å²) in [6, 6.07) is 5.55. The molecule has 0 atom stereocenters. The predicted molar refractivity (Wildman–Crippen MR) is 50.1 cm³/mol. The third-order valence-electron chi connectivity index (χ3n) is 1.75. The lowest BCUT2D eigenvalue weighted by Crippen LogP contribution is -2.34. The Balaban J connectivity index is 2.53. The molecule has 0 aromatic heterocycles. The number of fused-ring (bicyclic) bond motifs is 1. The standard InChI is InChI=1S/C8H7BrN2O/c9-5-1-2-6-7(3-5)11-10-4-8(6)12/h1-3,10-11H,4H2. The second-order valence-corrected chi connectivity index (χ2v) is 3.51. The van der Waals surface area contributed by atoms with Crippen LogP contribution in [0.5, 0.6) is 0 Å². The molecule has 12 heavy (non-hydrogen) atoms. The number of carbonyl (C=O) groups is 1. The van der Waals surface area contributed by atoms with E-state index in [0.717, 1.165) is 15.7 Å². The molecule has 0 amide bonds. The first-order valence-electron chi connectivity index (χ1n) is 3.59. The van der Waals surface area contributed by atoms with Crippen molar-refractivity contribution in [2.45, 2.75) is 0 Å². The van der Waals surface area contributed by atoms with Crippen molar-refractivity contribution < 1.29 is 4.79 Å². The first-order valence-corrected chi connectivity index (χ1v) is 4.38. The lowest BCUT2D eigenvalue weighted by Gasteiger charge is -2.17. The van der Waals surface area contributed by atoms with Crippen molar-refractivity contribution in [3.8, 4) is 0 Å². The quantitative estimate of drug-likeness (QED) is 0.706. The maximum absolute atomic E-state index is 11.3. The fraction of sp³-hybridized carbons (Fsp3) is 0.125. The van der Waals surface area contributed by atoms with Crippen LogP contribution in [0.3, 0.4) is 0 Å². The zero-order chi connectivity index (χ0) is 8.55. The number of benzene rings is 1. The maximum Gasteiger partial charge on any atom is 0.180 e. The molecular formula is C8H7BrN2O. The Morgan fingerprint density at radius 2 is 2.25 bits per heavy atom. The topological polar surface area (TPSA) is 41.1 Å². The molecule has 3 nitrogen and oxygen atoms in total. The minimum absolute atomic E-state index is 0.122. The number of nitrogens with one attached hydrogen (secondary N) is 2. The Morgan fingerprint density at radius 1 is 1.42 bits per heavy atom. The van der Waals surface area contributed by atoms with Gasteiger partial charge in [-0.1, -0.05) is 15.9 Å². The van der Waals surface area contributed by atoms with Crippen LogP contribution in [-0.4, -0.2) is 12.3 Å². The number of ketones is 1.